The molecule has 0 heterocycles. The molecule has 126 valence electrons. The first-order valence-corrected chi connectivity index (χ1v) is 9.16. The van der Waals surface area contributed by atoms with Gasteiger partial charge in [0.2, 0.25) is 11.8 Å². The Bertz CT molecular complexity index is 536. The molecule has 1 atom stereocenters. The zero-order valence-corrected chi connectivity index (χ0v) is 14.9. The number of hydrogen-bond donors (Lipinski definition) is 2. The molecule has 2 N–H and O–H groups in total. The van der Waals surface area contributed by atoms with E-state index in [0.29, 0.717) is 6.04 Å². The lowest BCUT2D eigenvalue weighted by Gasteiger charge is -2.27. The van der Waals surface area contributed by atoms with Crippen molar-refractivity contribution in [2.45, 2.75) is 62.6 Å². The molecule has 0 spiro atoms. The molecular weight excluding hydrogens is 308 g/mol. The zero-order chi connectivity index (χ0) is 16.8. The van der Waals surface area contributed by atoms with E-state index in [4.69, 9.17) is 0 Å². The molecule has 0 radical (unpaired) electrons. The van der Waals surface area contributed by atoms with Crippen molar-refractivity contribution in [3.63, 3.8) is 0 Å². The number of thioether (sulfide) groups is 1. The van der Waals surface area contributed by atoms with Gasteiger partial charge in [-0.25, -0.2) is 0 Å². The largest absolute Gasteiger partial charge is 0.352 e. The van der Waals surface area contributed by atoms with Crippen LogP contribution in [0.15, 0.2) is 29.2 Å². The average Bonchev–Trinajstić information content (AvgIpc) is 2.51. The maximum absolute atomic E-state index is 12.3. The molecule has 0 saturated heterocycles. The number of carbonyl (C=O) groups is 2. The molecule has 23 heavy (non-hydrogen) atoms. The summed E-state index contributed by atoms with van der Waals surface area (Å²) in [7, 11) is 0. The molecule has 2 amide bonds. The first-order chi connectivity index (χ1) is 10.9. The topological polar surface area (TPSA) is 58.2 Å². The summed E-state index contributed by atoms with van der Waals surface area (Å²) in [5.41, 5.74) is 0.773. The van der Waals surface area contributed by atoms with E-state index in [1.165, 1.54) is 19.8 Å². The Morgan fingerprint density at radius 3 is 2.30 bits per heavy atom. The van der Waals surface area contributed by atoms with E-state index < -0.39 is 0 Å². The summed E-state index contributed by atoms with van der Waals surface area (Å²) in [4.78, 5) is 24.4. The lowest BCUT2D eigenvalue weighted by Crippen LogP contribution is -2.41. The van der Waals surface area contributed by atoms with E-state index in [1.54, 1.807) is 11.8 Å². The van der Waals surface area contributed by atoms with Crippen molar-refractivity contribution in [3.8, 4) is 0 Å². The van der Waals surface area contributed by atoms with E-state index in [2.05, 4.69) is 17.6 Å². The van der Waals surface area contributed by atoms with Crippen molar-refractivity contribution in [2.75, 3.05) is 5.32 Å². The monoisotopic (exact) mass is 334 g/mol. The van der Waals surface area contributed by atoms with Gasteiger partial charge < -0.3 is 10.6 Å². The van der Waals surface area contributed by atoms with Crippen LogP contribution in [0.2, 0.25) is 0 Å². The molecule has 1 aromatic rings. The van der Waals surface area contributed by atoms with Crippen LogP contribution in [0.5, 0.6) is 0 Å². The average molecular weight is 334 g/mol. The Balaban J connectivity index is 1.82. The van der Waals surface area contributed by atoms with Crippen LogP contribution in [0.1, 0.15) is 46.5 Å². The lowest BCUT2D eigenvalue weighted by atomic mass is 9.87. The van der Waals surface area contributed by atoms with Gasteiger partial charge in [-0.3, -0.25) is 9.59 Å². The van der Waals surface area contributed by atoms with Gasteiger partial charge in [0.15, 0.2) is 0 Å². The standard InChI is InChI=1S/C18H26N2O2S/c1-12-4-6-16(7-5-12)20-18(22)13(2)23-17-10-8-15(9-11-17)19-14(3)21/h8-13,16H,4-7H2,1-3H3,(H,19,21)(H,20,22). The van der Waals surface area contributed by atoms with Crippen LogP contribution in [0.3, 0.4) is 0 Å². The first-order valence-electron chi connectivity index (χ1n) is 8.28. The number of hydrogen-bond acceptors (Lipinski definition) is 3. The third kappa shape index (κ3) is 5.90. The quantitative estimate of drug-likeness (QED) is 0.805. The highest BCUT2D eigenvalue weighted by molar-refractivity contribution is 8.00. The highest BCUT2D eigenvalue weighted by Gasteiger charge is 2.22. The second-order valence-corrected chi connectivity index (χ2v) is 7.85. The maximum atomic E-state index is 12.3. The molecule has 1 fully saturated rings. The molecule has 4 nitrogen and oxygen atoms in total. The van der Waals surface area contributed by atoms with E-state index >= 15 is 0 Å². The predicted molar refractivity (Wildman–Crippen MR) is 95.6 cm³/mol. The van der Waals surface area contributed by atoms with Crippen molar-refractivity contribution in [1.82, 2.24) is 5.32 Å². The number of carbonyl (C=O) groups excluding carboxylic acids is 2. The smallest absolute Gasteiger partial charge is 0.233 e. The fraction of sp³-hybridized carbons (Fsp3) is 0.556. The first kappa shape index (κ1) is 17.9. The molecule has 1 aliphatic rings. The minimum absolute atomic E-state index is 0.0834. The predicted octanol–water partition coefficient (Wildman–Crippen LogP) is 3.82. The summed E-state index contributed by atoms with van der Waals surface area (Å²) >= 11 is 1.54. The fourth-order valence-electron chi connectivity index (χ4n) is 2.80. The van der Waals surface area contributed by atoms with Gasteiger partial charge in [-0.15, -0.1) is 11.8 Å². The summed E-state index contributed by atoms with van der Waals surface area (Å²) in [6.45, 7) is 5.70. The Kier molecular flexibility index (Phi) is 6.51. The summed E-state index contributed by atoms with van der Waals surface area (Å²) in [6.07, 6.45) is 4.60. The molecule has 2 rings (SSSR count). The third-order valence-electron chi connectivity index (χ3n) is 4.22. The highest BCUT2D eigenvalue weighted by atomic mass is 32.2. The Hall–Kier alpha value is -1.49. The summed E-state index contributed by atoms with van der Waals surface area (Å²) in [5, 5.41) is 5.79. The Labute approximate surface area is 142 Å². The Morgan fingerprint density at radius 2 is 1.74 bits per heavy atom. The third-order valence-corrected chi connectivity index (χ3v) is 5.33. The van der Waals surface area contributed by atoms with E-state index in [1.807, 2.05) is 31.2 Å². The Morgan fingerprint density at radius 1 is 1.13 bits per heavy atom. The van der Waals surface area contributed by atoms with E-state index in [-0.39, 0.29) is 17.1 Å². The van der Waals surface area contributed by atoms with Crippen LogP contribution in [-0.2, 0) is 9.59 Å². The fourth-order valence-corrected chi connectivity index (χ4v) is 3.68. The van der Waals surface area contributed by atoms with Crippen molar-refractivity contribution < 1.29 is 9.59 Å². The van der Waals surface area contributed by atoms with Crippen LogP contribution in [0.4, 0.5) is 5.69 Å². The second kappa shape index (κ2) is 8.39. The van der Waals surface area contributed by atoms with Crippen molar-refractivity contribution in [3.05, 3.63) is 24.3 Å². The van der Waals surface area contributed by atoms with Crippen molar-refractivity contribution in [1.29, 1.82) is 0 Å². The molecule has 1 saturated carbocycles. The number of anilines is 1. The van der Waals surface area contributed by atoms with Crippen LogP contribution < -0.4 is 10.6 Å². The molecule has 1 unspecified atom stereocenters. The van der Waals surface area contributed by atoms with Crippen LogP contribution in [0, 0.1) is 5.92 Å². The number of amides is 2. The molecular formula is C18H26N2O2S. The number of rotatable bonds is 5. The molecule has 0 aliphatic heterocycles. The lowest BCUT2D eigenvalue weighted by molar-refractivity contribution is -0.121. The molecule has 5 heteroatoms. The van der Waals surface area contributed by atoms with Gasteiger partial charge in [0.05, 0.1) is 5.25 Å². The molecule has 0 bridgehead atoms. The minimum Gasteiger partial charge on any atom is -0.352 e. The van der Waals surface area contributed by atoms with Crippen LogP contribution in [-0.4, -0.2) is 23.1 Å². The van der Waals surface area contributed by atoms with Gasteiger partial charge in [0.25, 0.3) is 0 Å². The highest BCUT2D eigenvalue weighted by Crippen LogP contribution is 2.27. The normalized spacial score (nSPS) is 22.2. The zero-order valence-electron chi connectivity index (χ0n) is 14.1. The minimum atomic E-state index is -0.124. The number of nitrogens with one attached hydrogen (secondary N) is 2. The van der Waals surface area contributed by atoms with Crippen molar-refractivity contribution >= 4 is 29.3 Å². The van der Waals surface area contributed by atoms with Crippen LogP contribution in [0.25, 0.3) is 0 Å². The van der Waals surface area contributed by atoms with E-state index in [0.717, 1.165) is 29.3 Å². The molecule has 1 aromatic carbocycles. The van der Waals surface area contributed by atoms with Gasteiger partial charge in [0.1, 0.15) is 0 Å². The summed E-state index contributed by atoms with van der Waals surface area (Å²) < 4.78 is 0. The summed E-state index contributed by atoms with van der Waals surface area (Å²) in [5.74, 6) is 0.817. The SMILES string of the molecule is CC(=O)Nc1ccc(SC(C)C(=O)NC2CCC(C)CC2)cc1. The molecule has 1 aliphatic carbocycles. The second-order valence-electron chi connectivity index (χ2n) is 6.43. The maximum Gasteiger partial charge on any atom is 0.233 e. The van der Waals surface area contributed by atoms with Gasteiger partial charge >= 0.3 is 0 Å². The molecule has 0 aromatic heterocycles. The summed E-state index contributed by atoms with van der Waals surface area (Å²) in [6, 6.07) is 7.92. The van der Waals surface area contributed by atoms with Crippen molar-refractivity contribution in [2.24, 2.45) is 5.92 Å². The van der Waals surface area contributed by atoms with Gasteiger partial charge in [0, 0.05) is 23.5 Å². The number of benzene rings is 1. The van der Waals surface area contributed by atoms with E-state index in [9.17, 15) is 9.59 Å². The van der Waals surface area contributed by atoms with Gasteiger partial charge in [-0.05, 0) is 62.8 Å². The van der Waals surface area contributed by atoms with Gasteiger partial charge in [-0.2, -0.15) is 0 Å². The van der Waals surface area contributed by atoms with Gasteiger partial charge in [-0.1, -0.05) is 6.92 Å². The van der Waals surface area contributed by atoms with Crippen LogP contribution >= 0.6 is 11.8 Å².